The summed E-state index contributed by atoms with van der Waals surface area (Å²) < 4.78 is 36.1. The zero-order valence-electron chi connectivity index (χ0n) is 21.4. The summed E-state index contributed by atoms with van der Waals surface area (Å²) in [7, 11) is 1.58. The molecule has 0 bridgehead atoms. The molecule has 10 nitrogen and oxygen atoms in total. The molecule has 0 aliphatic carbocycles. The van der Waals surface area contributed by atoms with E-state index in [1.807, 2.05) is 6.08 Å². The number of nitrogens with one attached hydrogen (secondary N) is 2. The number of benzene rings is 2. The third-order valence-electron chi connectivity index (χ3n) is 6.39. The lowest BCUT2D eigenvalue weighted by molar-refractivity contribution is -0.116. The van der Waals surface area contributed by atoms with Crippen molar-refractivity contribution in [3.8, 4) is 5.75 Å². The van der Waals surface area contributed by atoms with Crippen LogP contribution in [0.5, 0.6) is 5.75 Å². The molecular weight excluding hydrogens is 529 g/mol. The number of hydrogen-bond acceptors (Lipinski definition) is 9. The number of anilines is 3. The van der Waals surface area contributed by atoms with E-state index >= 15 is 0 Å². The number of hydrogen-bond donors (Lipinski definition) is 2. The number of carbonyl (C=O) groups excluding carboxylic acids is 1. The van der Waals surface area contributed by atoms with Crippen molar-refractivity contribution in [2.24, 2.45) is 0 Å². The average molecular weight is 558 g/mol. The van der Waals surface area contributed by atoms with Gasteiger partial charge in [-0.3, -0.25) is 9.69 Å². The molecule has 12 heteroatoms. The quantitative estimate of drug-likeness (QED) is 0.284. The lowest BCUT2D eigenvalue weighted by Gasteiger charge is -2.24. The molecule has 2 saturated heterocycles. The Kier molecular flexibility index (Phi) is 8.84. The van der Waals surface area contributed by atoms with Crippen LogP contribution in [-0.2, 0) is 19.0 Å². The maximum atomic E-state index is 13.6. The Bertz CT molecular complexity index is 1350. The summed E-state index contributed by atoms with van der Waals surface area (Å²) in [6, 6.07) is 7.74. The van der Waals surface area contributed by atoms with Gasteiger partial charge in [0, 0.05) is 50.0 Å². The summed E-state index contributed by atoms with van der Waals surface area (Å²) in [4.78, 5) is 23.7. The van der Waals surface area contributed by atoms with E-state index in [4.69, 9.17) is 30.5 Å². The van der Waals surface area contributed by atoms with Gasteiger partial charge in [0.1, 0.15) is 30.3 Å². The molecular formula is C27H29ClFN5O5. The molecule has 2 aromatic carbocycles. The van der Waals surface area contributed by atoms with Crippen LogP contribution in [0.3, 0.4) is 0 Å². The molecule has 1 amide bonds. The average Bonchev–Trinajstić information content (AvgIpc) is 3.34. The van der Waals surface area contributed by atoms with Crippen LogP contribution in [-0.4, -0.2) is 86.2 Å². The van der Waals surface area contributed by atoms with E-state index in [1.165, 1.54) is 24.5 Å². The predicted octanol–water partition coefficient (Wildman–Crippen LogP) is 3.79. The van der Waals surface area contributed by atoms with E-state index in [0.29, 0.717) is 60.2 Å². The fourth-order valence-electron chi connectivity index (χ4n) is 4.52. The molecule has 2 N–H and O–H groups in total. The molecule has 0 saturated carbocycles. The topological polar surface area (TPSA) is 107 Å². The van der Waals surface area contributed by atoms with Gasteiger partial charge in [0.2, 0.25) is 5.91 Å². The van der Waals surface area contributed by atoms with Crippen LogP contribution in [0, 0.1) is 5.82 Å². The Morgan fingerprint density at radius 2 is 1.97 bits per heavy atom. The molecule has 2 unspecified atom stereocenters. The lowest BCUT2D eigenvalue weighted by Crippen LogP contribution is -2.36. The molecule has 39 heavy (non-hydrogen) atoms. The molecule has 5 rings (SSSR count). The summed E-state index contributed by atoms with van der Waals surface area (Å²) in [6.45, 7) is 4.04. The number of methoxy groups -OCH3 is 1. The van der Waals surface area contributed by atoms with Crippen molar-refractivity contribution < 1.29 is 28.1 Å². The van der Waals surface area contributed by atoms with Gasteiger partial charge in [-0.1, -0.05) is 17.7 Å². The van der Waals surface area contributed by atoms with Crippen LogP contribution < -0.4 is 15.4 Å². The van der Waals surface area contributed by atoms with Crippen LogP contribution in [0.25, 0.3) is 10.9 Å². The molecule has 0 spiro atoms. The summed E-state index contributed by atoms with van der Waals surface area (Å²) in [5.41, 5.74) is 1.58. The van der Waals surface area contributed by atoms with Gasteiger partial charge in [-0.25, -0.2) is 14.4 Å². The number of carbonyl (C=O) groups is 1. The van der Waals surface area contributed by atoms with Crippen LogP contribution in [0.1, 0.15) is 0 Å². The molecule has 2 aliphatic heterocycles. The van der Waals surface area contributed by atoms with Gasteiger partial charge in [0.25, 0.3) is 0 Å². The minimum atomic E-state index is -0.518. The highest BCUT2D eigenvalue weighted by Gasteiger charge is 2.35. The smallest absolute Gasteiger partial charge is 0.248 e. The first-order chi connectivity index (χ1) is 19.0. The van der Waals surface area contributed by atoms with Crippen molar-refractivity contribution in [2.45, 2.75) is 12.2 Å². The first-order valence-electron chi connectivity index (χ1n) is 12.6. The molecule has 2 fully saturated rings. The van der Waals surface area contributed by atoms with E-state index < -0.39 is 5.82 Å². The first-order valence-corrected chi connectivity index (χ1v) is 12.9. The van der Waals surface area contributed by atoms with E-state index in [1.54, 1.807) is 25.3 Å². The zero-order valence-corrected chi connectivity index (χ0v) is 22.1. The van der Waals surface area contributed by atoms with Crippen LogP contribution in [0.15, 0.2) is 48.8 Å². The van der Waals surface area contributed by atoms with E-state index in [0.717, 1.165) is 13.1 Å². The van der Waals surface area contributed by atoms with Gasteiger partial charge < -0.3 is 29.6 Å². The summed E-state index contributed by atoms with van der Waals surface area (Å²) in [6.07, 6.45) is 4.88. The summed E-state index contributed by atoms with van der Waals surface area (Å²) in [5, 5.41) is 6.64. The molecule has 2 aliphatic rings. The second-order valence-electron chi connectivity index (χ2n) is 9.11. The number of rotatable bonds is 10. The first kappa shape index (κ1) is 27.2. The fourth-order valence-corrected chi connectivity index (χ4v) is 4.70. The molecule has 3 aromatic rings. The van der Waals surface area contributed by atoms with Crippen molar-refractivity contribution in [1.29, 1.82) is 0 Å². The Morgan fingerprint density at radius 3 is 2.72 bits per heavy atom. The highest BCUT2D eigenvalue weighted by molar-refractivity contribution is 6.31. The number of amides is 1. The van der Waals surface area contributed by atoms with Gasteiger partial charge >= 0.3 is 0 Å². The number of likely N-dealkylation sites (tertiary alicyclic amines) is 1. The van der Waals surface area contributed by atoms with Crippen LogP contribution in [0.2, 0.25) is 5.02 Å². The molecule has 2 atom stereocenters. The number of aromatic nitrogens is 2. The van der Waals surface area contributed by atoms with Gasteiger partial charge in [0.15, 0.2) is 0 Å². The normalized spacial score (nSPS) is 19.4. The van der Waals surface area contributed by atoms with Crippen LogP contribution >= 0.6 is 11.6 Å². The highest BCUT2D eigenvalue weighted by atomic mass is 35.5. The number of ether oxygens (including phenoxy) is 4. The van der Waals surface area contributed by atoms with Crippen molar-refractivity contribution in [1.82, 2.24) is 14.9 Å². The van der Waals surface area contributed by atoms with E-state index in [-0.39, 0.29) is 29.7 Å². The van der Waals surface area contributed by atoms with Gasteiger partial charge in [-0.2, -0.15) is 0 Å². The van der Waals surface area contributed by atoms with Gasteiger partial charge in [-0.15, -0.1) is 0 Å². The SMILES string of the molecule is COCCOc1cc2ncnc(Nc3ccc(F)c(Cl)c3)c2cc1NC(=O)C=CCN1CC2OCCOC2C1. The second kappa shape index (κ2) is 12.7. The maximum absolute atomic E-state index is 13.6. The van der Waals surface area contributed by atoms with Crippen molar-refractivity contribution in [3.05, 3.63) is 59.7 Å². The predicted molar refractivity (Wildman–Crippen MR) is 145 cm³/mol. The Labute approximate surface area is 230 Å². The number of fused-ring (bicyclic) bond motifs is 2. The molecule has 3 heterocycles. The second-order valence-corrected chi connectivity index (χ2v) is 9.52. The zero-order chi connectivity index (χ0) is 27.2. The summed E-state index contributed by atoms with van der Waals surface area (Å²) >= 11 is 5.93. The summed E-state index contributed by atoms with van der Waals surface area (Å²) in [5.74, 6) is 0.0629. The maximum Gasteiger partial charge on any atom is 0.248 e. The number of halogens is 2. The highest BCUT2D eigenvalue weighted by Crippen LogP contribution is 2.34. The Hall–Kier alpha value is -3.35. The third-order valence-corrected chi connectivity index (χ3v) is 6.68. The largest absolute Gasteiger partial charge is 0.489 e. The minimum absolute atomic E-state index is 0.0142. The lowest BCUT2D eigenvalue weighted by atomic mass is 10.1. The molecule has 0 radical (unpaired) electrons. The standard InChI is InChI=1S/C27H29ClFN5O5/c1-36-7-8-37-23-13-21-18(27(31-16-30-21)32-17-4-5-20(29)19(28)11-17)12-22(23)33-26(35)3-2-6-34-14-24-25(15-34)39-10-9-38-24/h2-5,11-13,16,24-25H,6-10,14-15H2,1H3,(H,33,35)(H,30,31,32). The third kappa shape index (κ3) is 6.81. The van der Waals surface area contributed by atoms with Crippen LogP contribution in [0.4, 0.5) is 21.6 Å². The van der Waals surface area contributed by atoms with Gasteiger partial charge in [0.05, 0.1) is 48.3 Å². The van der Waals surface area contributed by atoms with E-state index in [2.05, 4.69) is 25.5 Å². The Balaban J connectivity index is 1.33. The monoisotopic (exact) mass is 557 g/mol. The molecule has 206 valence electrons. The fraction of sp³-hybridized carbons (Fsp3) is 0.370. The van der Waals surface area contributed by atoms with Crippen molar-refractivity contribution >= 4 is 45.6 Å². The van der Waals surface area contributed by atoms with Gasteiger partial charge in [-0.05, 0) is 24.3 Å². The Morgan fingerprint density at radius 1 is 1.18 bits per heavy atom. The van der Waals surface area contributed by atoms with Crippen molar-refractivity contribution in [3.63, 3.8) is 0 Å². The minimum Gasteiger partial charge on any atom is -0.489 e. The van der Waals surface area contributed by atoms with E-state index in [9.17, 15) is 9.18 Å². The number of nitrogens with zero attached hydrogens (tertiary/aromatic N) is 3. The molecule has 1 aromatic heterocycles. The van der Waals surface area contributed by atoms with Crippen molar-refractivity contribution in [2.75, 3.05) is 63.8 Å².